The van der Waals surface area contributed by atoms with Crippen molar-refractivity contribution >= 4 is 44.4 Å². The second-order valence-electron chi connectivity index (χ2n) is 11.0. The van der Waals surface area contributed by atoms with Gasteiger partial charge < -0.3 is 14.5 Å². The number of amides is 2. The van der Waals surface area contributed by atoms with E-state index in [0.29, 0.717) is 43.2 Å². The van der Waals surface area contributed by atoms with E-state index in [0.717, 1.165) is 21.9 Å². The molecule has 0 atom stereocenters. The fraction of sp³-hybridized carbons (Fsp3) is 0.379. The first-order valence-corrected chi connectivity index (χ1v) is 14.8. The average Bonchev–Trinajstić information content (AvgIpc) is 2.90. The molecule has 2 aliphatic rings. The Balaban J connectivity index is 1.22. The van der Waals surface area contributed by atoms with Crippen molar-refractivity contribution in [3.8, 4) is 0 Å². The predicted octanol–water partition coefficient (Wildman–Crippen LogP) is 4.93. The molecule has 0 saturated carbocycles. The number of halogens is 1. The van der Waals surface area contributed by atoms with Crippen molar-refractivity contribution in [2.24, 2.45) is 0 Å². The number of carbonyl (C=O) groups excluding carboxylic acids is 2. The minimum Gasteiger partial charge on any atom is -0.444 e. The molecular weight excluding hydrogens is 538 g/mol. The Morgan fingerprint density at radius 2 is 1.51 bits per heavy atom. The summed E-state index contributed by atoms with van der Waals surface area (Å²) in [5.74, 6) is -0.119. The predicted molar refractivity (Wildman–Crippen MR) is 150 cm³/mol. The lowest BCUT2D eigenvalue weighted by Crippen LogP contribution is -2.50. The summed E-state index contributed by atoms with van der Waals surface area (Å²) in [7, 11) is -3.69. The minimum absolute atomic E-state index is 0.119. The number of hydrogen-bond donors (Lipinski definition) is 0. The van der Waals surface area contributed by atoms with Gasteiger partial charge in [-0.05, 0) is 85.5 Å². The number of nitrogens with zero attached hydrogens (tertiary/aromatic N) is 3. The topological polar surface area (TPSA) is 87.2 Å². The van der Waals surface area contributed by atoms with Crippen LogP contribution in [-0.2, 0) is 27.7 Å². The molecule has 8 nitrogen and oxygen atoms in total. The molecule has 206 valence electrons. The zero-order chi connectivity index (χ0) is 27.9. The summed E-state index contributed by atoms with van der Waals surface area (Å²) in [5.41, 5.74) is 2.06. The minimum atomic E-state index is -3.69. The molecule has 39 heavy (non-hydrogen) atoms. The van der Waals surface area contributed by atoms with Gasteiger partial charge in [-0.15, -0.1) is 0 Å². The molecule has 3 aromatic carbocycles. The molecule has 0 N–H and O–H groups in total. The van der Waals surface area contributed by atoms with Gasteiger partial charge >= 0.3 is 6.09 Å². The van der Waals surface area contributed by atoms with Crippen LogP contribution in [0, 0.1) is 0 Å². The third kappa shape index (κ3) is 5.90. The molecule has 0 bridgehead atoms. The number of sulfonamides is 1. The Kier molecular flexibility index (Phi) is 7.35. The molecule has 5 rings (SSSR count). The monoisotopic (exact) mass is 569 g/mol. The summed E-state index contributed by atoms with van der Waals surface area (Å²) >= 11 is 6.05. The smallest absolute Gasteiger partial charge is 0.410 e. The van der Waals surface area contributed by atoms with Crippen LogP contribution in [0.4, 0.5) is 4.79 Å². The largest absolute Gasteiger partial charge is 0.444 e. The first kappa shape index (κ1) is 27.4. The van der Waals surface area contributed by atoms with Crippen molar-refractivity contribution in [1.82, 2.24) is 14.1 Å². The van der Waals surface area contributed by atoms with E-state index in [2.05, 4.69) is 0 Å². The van der Waals surface area contributed by atoms with Gasteiger partial charge in [0.15, 0.2) is 0 Å². The molecule has 0 unspecified atom stereocenters. The van der Waals surface area contributed by atoms with Crippen molar-refractivity contribution in [2.45, 2.75) is 44.2 Å². The molecule has 0 spiro atoms. The number of hydrogen-bond acceptors (Lipinski definition) is 5. The van der Waals surface area contributed by atoms with E-state index in [1.54, 1.807) is 52.3 Å². The molecule has 0 radical (unpaired) electrons. The molecule has 10 heteroatoms. The van der Waals surface area contributed by atoms with E-state index in [1.807, 2.05) is 32.9 Å². The van der Waals surface area contributed by atoms with Crippen molar-refractivity contribution in [1.29, 1.82) is 0 Å². The fourth-order valence-corrected chi connectivity index (χ4v) is 6.63. The highest BCUT2D eigenvalue weighted by molar-refractivity contribution is 7.89. The maximum atomic E-state index is 13.3. The van der Waals surface area contributed by atoms with Gasteiger partial charge in [-0.25, -0.2) is 13.2 Å². The van der Waals surface area contributed by atoms with Gasteiger partial charge in [0.25, 0.3) is 5.91 Å². The van der Waals surface area contributed by atoms with Crippen LogP contribution in [0.2, 0.25) is 5.02 Å². The van der Waals surface area contributed by atoms with Crippen LogP contribution >= 0.6 is 11.6 Å². The van der Waals surface area contributed by atoms with Crippen LogP contribution in [-0.4, -0.2) is 72.8 Å². The summed E-state index contributed by atoms with van der Waals surface area (Å²) in [6, 6.07) is 15.9. The summed E-state index contributed by atoms with van der Waals surface area (Å²) < 4.78 is 33.6. The van der Waals surface area contributed by atoms with Gasteiger partial charge in [0.1, 0.15) is 5.60 Å². The van der Waals surface area contributed by atoms with Gasteiger partial charge in [0, 0.05) is 49.9 Å². The van der Waals surface area contributed by atoms with E-state index in [-0.39, 0.29) is 30.0 Å². The molecule has 1 fully saturated rings. The van der Waals surface area contributed by atoms with Gasteiger partial charge in [-0.3, -0.25) is 4.79 Å². The van der Waals surface area contributed by atoms with Gasteiger partial charge in [0.05, 0.1) is 4.90 Å². The maximum absolute atomic E-state index is 13.3. The normalized spacial score (nSPS) is 16.7. The Labute approximate surface area is 234 Å². The molecule has 2 aliphatic heterocycles. The Bertz CT molecular complexity index is 1540. The number of benzene rings is 3. The van der Waals surface area contributed by atoms with Gasteiger partial charge in [-0.2, -0.15) is 4.31 Å². The average molecular weight is 570 g/mol. The lowest BCUT2D eigenvalue weighted by Gasteiger charge is -2.34. The van der Waals surface area contributed by atoms with Crippen LogP contribution in [0.1, 0.15) is 42.3 Å². The van der Waals surface area contributed by atoms with Crippen molar-refractivity contribution < 1.29 is 22.7 Å². The lowest BCUT2D eigenvalue weighted by atomic mass is 9.97. The van der Waals surface area contributed by atoms with Crippen molar-refractivity contribution in [2.75, 3.05) is 32.7 Å². The van der Waals surface area contributed by atoms with Gasteiger partial charge in [0.2, 0.25) is 10.0 Å². The Morgan fingerprint density at radius 1 is 0.821 bits per heavy atom. The standard InChI is InChI=1S/C29H32ClN3O5S/c1-29(2,3)38-28(35)32-11-10-22-16-23(4-5-24(22)19-32)27(34)31-12-14-33(15-13-31)39(36,37)26-9-7-20-17-25(30)8-6-21(20)18-26/h4-9,16-18H,10-15,19H2,1-3H3. The fourth-order valence-electron chi connectivity index (χ4n) is 4.99. The Morgan fingerprint density at radius 3 is 2.23 bits per heavy atom. The van der Waals surface area contributed by atoms with Gasteiger partial charge in [-0.1, -0.05) is 29.8 Å². The van der Waals surface area contributed by atoms with Crippen LogP contribution in [0.3, 0.4) is 0 Å². The zero-order valence-corrected chi connectivity index (χ0v) is 23.9. The molecule has 2 heterocycles. The Hall–Kier alpha value is -3.14. The summed E-state index contributed by atoms with van der Waals surface area (Å²) in [4.78, 5) is 29.3. The third-order valence-electron chi connectivity index (χ3n) is 7.05. The lowest BCUT2D eigenvalue weighted by molar-refractivity contribution is 0.0223. The number of rotatable bonds is 3. The zero-order valence-electron chi connectivity index (χ0n) is 22.3. The third-order valence-corrected chi connectivity index (χ3v) is 9.18. The molecule has 0 aliphatic carbocycles. The van der Waals surface area contributed by atoms with Crippen LogP contribution in [0.25, 0.3) is 10.8 Å². The first-order valence-electron chi connectivity index (χ1n) is 13.0. The summed E-state index contributed by atoms with van der Waals surface area (Å²) in [5, 5.41) is 2.27. The second-order valence-corrected chi connectivity index (χ2v) is 13.4. The van der Waals surface area contributed by atoms with E-state index >= 15 is 0 Å². The molecular formula is C29H32ClN3O5S. The number of ether oxygens (including phenoxy) is 1. The van der Waals surface area contributed by atoms with Crippen molar-refractivity contribution in [3.63, 3.8) is 0 Å². The highest BCUT2D eigenvalue weighted by Gasteiger charge is 2.31. The van der Waals surface area contributed by atoms with E-state index in [1.165, 1.54) is 4.31 Å². The summed E-state index contributed by atoms with van der Waals surface area (Å²) in [6.45, 7) is 7.57. The molecule has 2 amide bonds. The molecule has 1 saturated heterocycles. The van der Waals surface area contributed by atoms with E-state index < -0.39 is 15.6 Å². The van der Waals surface area contributed by atoms with Crippen LogP contribution < -0.4 is 0 Å². The number of fused-ring (bicyclic) bond motifs is 2. The maximum Gasteiger partial charge on any atom is 0.410 e. The van der Waals surface area contributed by atoms with E-state index in [4.69, 9.17) is 16.3 Å². The van der Waals surface area contributed by atoms with E-state index in [9.17, 15) is 18.0 Å². The molecule has 0 aromatic heterocycles. The van der Waals surface area contributed by atoms with Crippen LogP contribution in [0.5, 0.6) is 0 Å². The number of piperazine rings is 1. The first-order chi connectivity index (χ1) is 18.4. The quantitative estimate of drug-likeness (QED) is 0.446. The highest BCUT2D eigenvalue weighted by atomic mass is 35.5. The number of carbonyl (C=O) groups is 2. The highest BCUT2D eigenvalue weighted by Crippen LogP contribution is 2.26. The molecule has 3 aromatic rings. The van der Waals surface area contributed by atoms with Crippen LogP contribution in [0.15, 0.2) is 59.5 Å². The van der Waals surface area contributed by atoms with Crippen molar-refractivity contribution in [3.05, 3.63) is 76.3 Å². The SMILES string of the molecule is CC(C)(C)OC(=O)N1CCc2cc(C(=O)N3CCN(S(=O)(=O)c4ccc5cc(Cl)ccc5c4)CC3)ccc2C1. The second kappa shape index (κ2) is 10.4. The summed E-state index contributed by atoms with van der Waals surface area (Å²) in [6.07, 6.45) is 0.300.